The van der Waals surface area contributed by atoms with Gasteiger partial charge in [0.1, 0.15) is 12.0 Å². The highest BCUT2D eigenvalue weighted by atomic mass is 32.1. The molecule has 8 heteroatoms. The van der Waals surface area contributed by atoms with Crippen molar-refractivity contribution in [2.45, 2.75) is 44.9 Å². The van der Waals surface area contributed by atoms with E-state index >= 15 is 0 Å². The molecule has 122 valence electrons. The number of rotatable bonds is 3. The molecule has 4 nitrogen and oxygen atoms in total. The Labute approximate surface area is 130 Å². The van der Waals surface area contributed by atoms with Crippen LogP contribution >= 0.6 is 11.3 Å². The lowest BCUT2D eigenvalue weighted by Gasteiger charge is -2.30. The third-order valence-corrected chi connectivity index (χ3v) is 4.82. The minimum atomic E-state index is -4.47. The van der Waals surface area contributed by atoms with Crippen molar-refractivity contribution >= 4 is 23.2 Å². The Morgan fingerprint density at radius 1 is 1.41 bits per heavy atom. The van der Waals surface area contributed by atoms with Gasteiger partial charge in [0.25, 0.3) is 0 Å². The third-order valence-electron chi connectivity index (χ3n) is 3.64. The van der Waals surface area contributed by atoms with Crippen LogP contribution in [0.5, 0.6) is 0 Å². The summed E-state index contributed by atoms with van der Waals surface area (Å²) in [5.41, 5.74) is 0. The molecule has 0 aliphatic carbocycles. The largest absolute Gasteiger partial charge is 0.408 e. The highest BCUT2D eigenvalue weighted by molar-refractivity contribution is 7.12. The summed E-state index contributed by atoms with van der Waals surface area (Å²) < 4.78 is 37.7. The van der Waals surface area contributed by atoms with Crippen LogP contribution in [0.1, 0.15) is 35.6 Å². The predicted molar refractivity (Wildman–Crippen MR) is 76.3 cm³/mol. The highest BCUT2D eigenvalue weighted by Gasteiger charge is 2.45. The van der Waals surface area contributed by atoms with Crippen LogP contribution in [0.15, 0.2) is 12.1 Å². The predicted octanol–water partition coefficient (Wildman–Crippen LogP) is 2.69. The second-order valence-corrected chi connectivity index (χ2v) is 6.73. The van der Waals surface area contributed by atoms with Crippen LogP contribution in [0.4, 0.5) is 13.2 Å². The summed E-state index contributed by atoms with van der Waals surface area (Å²) in [7, 11) is 0. The van der Waals surface area contributed by atoms with Crippen LogP contribution in [0.3, 0.4) is 0 Å². The molecule has 2 N–H and O–H groups in total. The van der Waals surface area contributed by atoms with Gasteiger partial charge in [-0.15, -0.1) is 11.3 Å². The van der Waals surface area contributed by atoms with Crippen LogP contribution in [0, 0.1) is 12.8 Å². The zero-order valence-corrected chi connectivity index (χ0v) is 13.0. The van der Waals surface area contributed by atoms with Crippen molar-refractivity contribution in [1.29, 1.82) is 0 Å². The molecule has 0 saturated carbocycles. The maximum Gasteiger partial charge on any atom is 0.408 e. The second kappa shape index (κ2) is 6.28. The molecule has 1 aromatic rings. The molecule has 3 unspecified atom stereocenters. The van der Waals surface area contributed by atoms with Crippen molar-refractivity contribution in [2.75, 3.05) is 0 Å². The van der Waals surface area contributed by atoms with Gasteiger partial charge >= 0.3 is 6.18 Å². The van der Waals surface area contributed by atoms with Gasteiger partial charge in [0.15, 0.2) is 0 Å². The first-order valence-corrected chi connectivity index (χ1v) is 7.74. The molecule has 1 aromatic heterocycles. The van der Waals surface area contributed by atoms with Gasteiger partial charge < -0.3 is 10.6 Å². The van der Waals surface area contributed by atoms with E-state index in [0.29, 0.717) is 0 Å². The van der Waals surface area contributed by atoms with Crippen molar-refractivity contribution < 1.29 is 22.8 Å². The van der Waals surface area contributed by atoms with E-state index in [-0.39, 0.29) is 18.9 Å². The van der Waals surface area contributed by atoms with Crippen molar-refractivity contribution in [2.24, 2.45) is 5.92 Å². The minimum absolute atomic E-state index is 0.0992. The number of carbonyl (C=O) groups excluding carboxylic acids is 2. The standard InChI is InChI=1S/C14H17F3N2O2S/c1-7-3-5-10(22-7)8(2)18-12(20)9-4-6-11(14(15,16)17)19-13(9)21/h3,5,8-9,11H,4,6H2,1-2H3,(H,18,20)(H,19,21). The lowest BCUT2D eigenvalue weighted by Crippen LogP contribution is -2.54. The monoisotopic (exact) mass is 334 g/mol. The van der Waals surface area contributed by atoms with E-state index in [1.165, 1.54) is 11.3 Å². The van der Waals surface area contributed by atoms with E-state index in [4.69, 9.17) is 0 Å². The number of aryl methyl sites for hydroxylation is 1. The van der Waals surface area contributed by atoms with E-state index in [2.05, 4.69) is 5.32 Å². The van der Waals surface area contributed by atoms with Gasteiger partial charge in [-0.05, 0) is 38.8 Å². The van der Waals surface area contributed by atoms with Gasteiger partial charge in [-0.3, -0.25) is 9.59 Å². The maximum absolute atomic E-state index is 12.6. The fourth-order valence-corrected chi connectivity index (χ4v) is 3.26. The molecule has 1 aliphatic rings. The SMILES string of the molecule is Cc1ccc(C(C)NC(=O)C2CCC(C(F)(F)F)NC2=O)s1. The van der Waals surface area contributed by atoms with Gasteiger partial charge in [-0.2, -0.15) is 13.2 Å². The number of carbonyl (C=O) groups is 2. The average molecular weight is 334 g/mol. The molecule has 3 atom stereocenters. The molecule has 1 aliphatic heterocycles. The lowest BCUT2D eigenvalue weighted by molar-refractivity contribution is -0.171. The summed E-state index contributed by atoms with van der Waals surface area (Å²) in [4.78, 5) is 25.9. The third kappa shape index (κ3) is 3.79. The molecule has 2 heterocycles. The maximum atomic E-state index is 12.6. The van der Waals surface area contributed by atoms with Crippen LogP contribution in [-0.2, 0) is 9.59 Å². The molecule has 22 heavy (non-hydrogen) atoms. The van der Waals surface area contributed by atoms with Gasteiger partial charge in [0.05, 0.1) is 6.04 Å². The Balaban J connectivity index is 1.95. The topological polar surface area (TPSA) is 58.2 Å². The number of nitrogens with one attached hydrogen (secondary N) is 2. The van der Waals surface area contributed by atoms with Crippen molar-refractivity contribution in [3.05, 3.63) is 21.9 Å². The molecule has 2 amide bonds. The Hall–Kier alpha value is -1.57. The van der Waals surface area contributed by atoms with Crippen LogP contribution in [-0.4, -0.2) is 24.0 Å². The zero-order valence-electron chi connectivity index (χ0n) is 12.2. The van der Waals surface area contributed by atoms with Crippen molar-refractivity contribution in [1.82, 2.24) is 10.6 Å². The van der Waals surface area contributed by atoms with Crippen LogP contribution in [0.2, 0.25) is 0 Å². The zero-order chi connectivity index (χ0) is 16.5. The second-order valence-electron chi connectivity index (χ2n) is 5.41. The summed E-state index contributed by atoms with van der Waals surface area (Å²) in [5.74, 6) is -2.46. The van der Waals surface area contributed by atoms with Crippen molar-refractivity contribution in [3.63, 3.8) is 0 Å². The molecule has 1 saturated heterocycles. The normalized spacial score (nSPS) is 23.8. The van der Waals surface area contributed by atoms with Gasteiger partial charge in [0.2, 0.25) is 11.8 Å². The van der Waals surface area contributed by atoms with E-state index in [9.17, 15) is 22.8 Å². The van der Waals surface area contributed by atoms with Crippen LogP contribution in [0.25, 0.3) is 0 Å². The minimum Gasteiger partial charge on any atom is -0.348 e. The molecule has 0 bridgehead atoms. The first-order chi connectivity index (χ1) is 10.2. The van der Waals surface area contributed by atoms with Crippen molar-refractivity contribution in [3.8, 4) is 0 Å². The van der Waals surface area contributed by atoms with E-state index in [1.54, 1.807) is 6.92 Å². The molecule has 0 aromatic carbocycles. The number of halogens is 3. The molecule has 0 radical (unpaired) electrons. The number of piperidine rings is 1. The molecular formula is C14H17F3N2O2S. The van der Waals surface area contributed by atoms with E-state index in [0.717, 1.165) is 9.75 Å². The summed E-state index contributed by atoms with van der Waals surface area (Å²) in [5, 5.41) is 4.57. The van der Waals surface area contributed by atoms with Crippen LogP contribution < -0.4 is 10.6 Å². The summed E-state index contributed by atoms with van der Waals surface area (Å²) >= 11 is 1.53. The van der Waals surface area contributed by atoms with E-state index in [1.807, 2.05) is 24.4 Å². The highest BCUT2D eigenvalue weighted by Crippen LogP contribution is 2.29. The van der Waals surface area contributed by atoms with Gasteiger partial charge in [-0.25, -0.2) is 0 Å². The number of thiophene rings is 1. The Morgan fingerprint density at radius 2 is 2.09 bits per heavy atom. The fourth-order valence-electron chi connectivity index (χ4n) is 2.38. The average Bonchev–Trinajstić information content (AvgIpc) is 2.84. The Bertz CT molecular complexity index is 571. The van der Waals surface area contributed by atoms with E-state index < -0.39 is 30.0 Å². The summed E-state index contributed by atoms with van der Waals surface area (Å²) in [6.07, 6.45) is -4.85. The molecular weight excluding hydrogens is 317 g/mol. The summed E-state index contributed by atoms with van der Waals surface area (Å²) in [6, 6.07) is 1.66. The van der Waals surface area contributed by atoms with Gasteiger partial charge in [0, 0.05) is 9.75 Å². The van der Waals surface area contributed by atoms with Gasteiger partial charge in [-0.1, -0.05) is 0 Å². The first-order valence-electron chi connectivity index (χ1n) is 6.92. The number of alkyl halides is 3. The quantitative estimate of drug-likeness (QED) is 0.835. The number of hydrogen-bond acceptors (Lipinski definition) is 3. The smallest absolute Gasteiger partial charge is 0.348 e. The number of amides is 2. The lowest BCUT2D eigenvalue weighted by atomic mass is 9.92. The molecule has 0 spiro atoms. The fraction of sp³-hybridized carbons (Fsp3) is 0.571. The Kier molecular flexibility index (Phi) is 4.79. The molecule has 2 rings (SSSR count). The summed E-state index contributed by atoms with van der Waals surface area (Å²) in [6.45, 7) is 3.72. The number of hydrogen-bond donors (Lipinski definition) is 2. The first kappa shape index (κ1) is 16.8. The Morgan fingerprint density at radius 3 is 2.59 bits per heavy atom. The molecule has 1 fully saturated rings.